The van der Waals surface area contributed by atoms with Crippen LogP contribution in [0.2, 0.25) is 0 Å². The van der Waals surface area contributed by atoms with Crippen LogP contribution < -0.4 is 5.32 Å². The van der Waals surface area contributed by atoms with E-state index >= 15 is 0 Å². The van der Waals surface area contributed by atoms with E-state index < -0.39 is 10.0 Å². The summed E-state index contributed by atoms with van der Waals surface area (Å²) in [6.07, 6.45) is 1.88. The third kappa shape index (κ3) is 4.23. The van der Waals surface area contributed by atoms with E-state index in [0.29, 0.717) is 37.1 Å². The van der Waals surface area contributed by atoms with Crippen LogP contribution in [0.15, 0.2) is 16.3 Å². The average molecular weight is 365 g/mol. The van der Waals surface area contributed by atoms with Gasteiger partial charge in [0, 0.05) is 18.0 Å². The van der Waals surface area contributed by atoms with Crippen molar-refractivity contribution in [1.82, 2.24) is 9.62 Å². The molecule has 22 heavy (non-hydrogen) atoms. The normalized spacial score (nSPS) is 18.1. The molecule has 2 rings (SSSR count). The molecule has 0 aliphatic carbocycles. The number of rotatable bonds is 6. The number of carbonyl (C=O) groups is 1. The second-order valence-corrected chi connectivity index (χ2v) is 9.34. The van der Waals surface area contributed by atoms with E-state index in [0.717, 1.165) is 4.88 Å². The van der Waals surface area contributed by atoms with Gasteiger partial charge in [-0.25, -0.2) is 8.42 Å². The first-order valence-corrected chi connectivity index (χ1v) is 10.5. The van der Waals surface area contributed by atoms with Gasteiger partial charge in [-0.1, -0.05) is 0 Å². The van der Waals surface area contributed by atoms with Crippen LogP contribution in [0.3, 0.4) is 0 Å². The third-order valence-corrected chi connectivity index (χ3v) is 7.73. The SMILES string of the molecule is CSC(C)C(=O)NCc1ccc(S(=O)(=O)N2CCOCC2)s1. The molecule has 6 nitrogen and oxygen atoms in total. The van der Waals surface area contributed by atoms with Crippen molar-refractivity contribution >= 4 is 39.0 Å². The topological polar surface area (TPSA) is 75.7 Å². The van der Waals surface area contributed by atoms with Crippen molar-refractivity contribution in [2.45, 2.75) is 22.9 Å². The Labute approximate surface area is 139 Å². The Morgan fingerprint density at radius 3 is 2.77 bits per heavy atom. The van der Waals surface area contributed by atoms with Gasteiger partial charge < -0.3 is 10.1 Å². The van der Waals surface area contributed by atoms with E-state index in [2.05, 4.69) is 5.32 Å². The molecule has 1 unspecified atom stereocenters. The average Bonchev–Trinajstić information content (AvgIpc) is 3.02. The van der Waals surface area contributed by atoms with Gasteiger partial charge in [0.15, 0.2) is 0 Å². The zero-order chi connectivity index (χ0) is 16.2. The van der Waals surface area contributed by atoms with Gasteiger partial charge in [-0.15, -0.1) is 11.3 Å². The number of hydrogen-bond acceptors (Lipinski definition) is 6. The van der Waals surface area contributed by atoms with Gasteiger partial charge in [0.25, 0.3) is 10.0 Å². The Kier molecular flexibility index (Phi) is 6.27. The Morgan fingerprint density at radius 1 is 1.45 bits per heavy atom. The van der Waals surface area contributed by atoms with Crippen LogP contribution in [0.5, 0.6) is 0 Å². The predicted molar refractivity (Wildman–Crippen MR) is 88.7 cm³/mol. The monoisotopic (exact) mass is 364 g/mol. The fourth-order valence-electron chi connectivity index (χ4n) is 1.93. The lowest BCUT2D eigenvalue weighted by atomic mass is 10.4. The van der Waals surface area contributed by atoms with E-state index in [1.165, 1.54) is 27.4 Å². The fourth-order valence-corrected chi connectivity index (χ4v) is 5.09. The Balaban J connectivity index is 2.00. The molecular formula is C13H20N2O4S3. The van der Waals surface area contributed by atoms with Gasteiger partial charge in [0.05, 0.1) is 25.0 Å². The number of carbonyl (C=O) groups excluding carboxylic acids is 1. The number of thiophene rings is 1. The minimum Gasteiger partial charge on any atom is -0.379 e. The highest BCUT2D eigenvalue weighted by Crippen LogP contribution is 2.25. The van der Waals surface area contributed by atoms with Crippen molar-refractivity contribution in [2.75, 3.05) is 32.6 Å². The van der Waals surface area contributed by atoms with Gasteiger partial charge in [0.2, 0.25) is 5.91 Å². The molecule has 1 aromatic heterocycles. The predicted octanol–water partition coefficient (Wildman–Crippen LogP) is 1.14. The summed E-state index contributed by atoms with van der Waals surface area (Å²) in [7, 11) is -3.45. The van der Waals surface area contributed by atoms with Crippen molar-refractivity contribution in [1.29, 1.82) is 0 Å². The Hall–Kier alpha value is -0.610. The quantitative estimate of drug-likeness (QED) is 0.819. The maximum atomic E-state index is 12.5. The summed E-state index contributed by atoms with van der Waals surface area (Å²) >= 11 is 2.68. The standard InChI is InChI=1S/C13H20N2O4S3/c1-10(20-2)13(16)14-9-11-3-4-12(21-11)22(17,18)15-5-7-19-8-6-15/h3-4,10H,5-9H2,1-2H3,(H,14,16). The van der Waals surface area contributed by atoms with Crippen molar-refractivity contribution < 1.29 is 17.9 Å². The molecule has 1 aliphatic rings. The van der Waals surface area contributed by atoms with Crippen LogP contribution in [0.1, 0.15) is 11.8 Å². The van der Waals surface area contributed by atoms with Crippen LogP contribution in [0, 0.1) is 0 Å². The zero-order valence-electron chi connectivity index (χ0n) is 12.6. The maximum Gasteiger partial charge on any atom is 0.252 e. The Bertz CT molecular complexity index is 609. The van der Waals surface area contributed by atoms with Crippen molar-refractivity contribution in [3.63, 3.8) is 0 Å². The first-order valence-electron chi connectivity index (χ1n) is 6.92. The smallest absolute Gasteiger partial charge is 0.252 e. The minimum atomic E-state index is -3.45. The molecule has 1 saturated heterocycles. The maximum absolute atomic E-state index is 12.5. The number of nitrogens with one attached hydrogen (secondary N) is 1. The molecular weight excluding hydrogens is 344 g/mol. The van der Waals surface area contributed by atoms with Gasteiger partial charge in [-0.05, 0) is 25.3 Å². The van der Waals surface area contributed by atoms with E-state index in [9.17, 15) is 13.2 Å². The minimum absolute atomic E-state index is 0.0431. The number of ether oxygens (including phenoxy) is 1. The molecule has 0 spiro atoms. The molecule has 0 bridgehead atoms. The van der Waals surface area contributed by atoms with Gasteiger partial charge in [-0.3, -0.25) is 4.79 Å². The molecule has 0 saturated carbocycles. The largest absolute Gasteiger partial charge is 0.379 e. The first kappa shape index (κ1) is 17.7. The van der Waals surface area contributed by atoms with Crippen LogP contribution in [0.4, 0.5) is 0 Å². The third-order valence-electron chi connectivity index (χ3n) is 3.36. The molecule has 1 aliphatic heterocycles. The van der Waals surface area contributed by atoms with Crippen LogP contribution in [0.25, 0.3) is 0 Å². The molecule has 0 radical (unpaired) electrons. The molecule has 1 amide bonds. The summed E-state index contributed by atoms with van der Waals surface area (Å²) in [6.45, 7) is 3.82. The molecule has 9 heteroatoms. The van der Waals surface area contributed by atoms with E-state index in [1.54, 1.807) is 12.1 Å². The van der Waals surface area contributed by atoms with Crippen molar-refractivity contribution in [2.24, 2.45) is 0 Å². The summed E-state index contributed by atoms with van der Waals surface area (Å²) in [5.41, 5.74) is 0. The highest BCUT2D eigenvalue weighted by molar-refractivity contribution is 7.99. The summed E-state index contributed by atoms with van der Waals surface area (Å²) in [5, 5.41) is 2.70. The number of thioether (sulfide) groups is 1. The lowest BCUT2D eigenvalue weighted by Crippen LogP contribution is -2.40. The summed E-state index contributed by atoms with van der Waals surface area (Å²) in [4.78, 5) is 12.6. The number of nitrogens with zero attached hydrogens (tertiary/aromatic N) is 1. The second kappa shape index (κ2) is 7.78. The molecule has 1 N–H and O–H groups in total. The van der Waals surface area contributed by atoms with Crippen LogP contribution in [-0.4, -0.2) is 56.4 Å². The Morgan fingerprint density at radius 2 is 2.14 bits per heavy atom. The molecule has 2 heterocycles. The summed E-state index contributed by atoms with van der Waals surface area (Å²) in [5.74, 6) is -0.0431. The van der Waals surface area contributed by atoms with Gasteiger partial charge >= 0.3 is 0 Å². The van der Waals surface area contributed by atoms with E-state index in [4.69, 9.17) is 4.74 Å². The van der Waals surface area contributed by atoms with Crippen molar-refractivity contribution in [3.05, 3.63) is 17.0 Å². The first-order chi connectivity index (χ1) is 10.4. The molecule has 124 valence electrons. The number of morpholine rings is 1. The van der Waals surface area contributed by atoms with E-state index in [1.807, 2.05) is 13.2 Å². The summed E-state index contributed by atoms with van der Waals surface area (Å²) < 4.78 is 31.9. The molecule has 1 aromatic rings. The lowest BCUT2D eigenvalue weighted by molar-refractivity contribution is -0.120. The number of sulfonamides is 1. The second-order valence-electron chi connectivity index (χ2n) is 4.83. The highest BCUT2D eigenvalue weighted by atomic mass is 32.2. The van der Waals surface area contributed by atoms with E-state index in [-0.39, 0.29) is 11.2 Å². The molecule has 1 fully saturated rings. The van der Waals surface area contributed by atoms with Crippen LogP contribution in [-0.2, 0) is 26.1 Å². The lowest BCUT2D eigenvalue weighted by Gasteiger charge is -2.25. The highest BCUT2D eigenvalue weighted by Gasteiger charge is 2.27. The fraction of sp³-hybridized carbons (Fsp3) is 0.615. The molecule has 1 atom stereocenters. The number of hydrogen-bond donors (Lipinski definition) is 1. The van der Waals surface area contributed by atoms with Gasteiger partial charge in [-0.2, -0.15) is 16.1 Å². The zero-order valence-corrected chi connectivity index (χ0v) is 15.0. The van der Waals surface area contributed by atoms with Gasteiger partial charge in [0.1, 0.15) is 4.21 Å². The van der Waals surface area contributed by atoms with Crippen molar-refractivity contribution in [3.8, 4) is 0 Å². The van der Waals surface area contributed by atoms with Crippen LogP contribution >= 0.6 is 23.1 Å². The molecule has 0 aromatic carbocycles. The summed E-state index contributed by atoms with van der Waals surface area (Å²) in [6, 6.07) is 3.36. The number of amides is 1.